The summed E-state index contributed by atoms with van der Waals surface area (Å²) in [4.78, 5) is 11.4. The SMILES string of the molecule is COC(=O)c1ccc(C(F)(F)F)c(Cl)c1OS(=O)(=O)C(F)(F)F. The number of esters is 1. The van der Waals surface area contributed by atoms with Gasteiger partial charge >= 0.3 is 27.8 Å². The van der Waals surface area contributed by atoms with Crippen LogP contribution in [-0.4, -0.2) is 27.0 Å². The van der Waals surface area contributed by atoms with Crippen molar-refractivity contribution in [3.63, 3.8) is 0 Å². The molecule has 0 aliphatic carbocycles. The van der Waals surface area contributed by atoms with Gasteiger partial charge in [0.1, 0.15) is 5.56 Å². The van der Waals surface area contributed by atoms with Gasteiger partial charge in [-0.05, 0) is 12.1 Å². The Morgan fingerprint density at radius 3 is 2.04 bits per heavy atom. The Kier molecular flexibility index (Phi) is 5.11. The van der Waals surface area contributed by atoms with Crippen LogP contribution in [0.5, 0.6) is 5.75 Å². The number of carbonyl (C=O) groups excluding carboxylic acids is 1. The van der Waals surface area contributed by atoms with E-state index in [4.69, 9.17) is 11.6 Å². The maximum atomic E-state index is 12.7. The molecule has 23 heavy (non-hydrogen) atoms. The molecule has 0 aromatic heterocycles. The van der Waals surface area contributed by atoms with Gasteiger partial charge < -0.3 is 8.92 Å². The molecule has 0 bridgehead atoms. The fraction of sp³-hybridized carbons (Fsp3) is 0.300. The number of carbonyl (C=O) groups is 1. The van der Waals surface area contributed by atoms with Crippen molar-refractivity contribution >= 4 is 27.7 Å². The van der Waals surface area contributed by atoms with Gasteiger partial charge in [-0.3, -0.25) is 0 Å². The number of benzene rings is 1. The van der Waals surface area contributed by atoms with E-state index in [0.29, 0.717) is 6.07 Å². The van der Waals surface area contributed by atoms with Gasteiger partial charge in [-0.1, -0.05) is 11.6 Å². The van der Waals surface area contributed by atoms with Crippen LogP contribution in [0, 0.1) is 0 Å². The van der Waals surface area contributed by atoms with E-state index in [1.165, 1.54) is 0 Å². The Balaban J connectivity index is 3.63. The summed E-state index contributed by atoms with van der Waals surface area (Å²) in [6.45, 7) is 0. The molecule has 1 rings (SSSR count). The first-order chi connectivity index (χ1) is 10.2. The summed E-state index contributed by atoms with van der Waals surface area (Å²) in [6, 6.07) is 0.642. The quantitative estimate of drug-likeness (QED) is 0.345. The van der Waals surface area contributed by atoms with Crippen LogP contribution in [-0.2, 0) is 21.0 Å². The van der Waals surface area contributed by atoms with E-state index in [-0.39, 0.29) is 6.07 Å². The molecule has 0 heterocycles. The van der Waals surface area contributed by atoms with Gasteiger partial charge in [-0.2, -0.15) is 34.8 Å². The predicted octanol–water partition coefficient (Wildman–Crippen LogP) is 3.37. The van der Waals surface area contributed by atoms with Crippen molar-refractivity contribution in [2.45, 2.75) is 11.7 Å². The molecule has 0 spiro atoms. The molecule has 5 nitrogen and oxygen atoms in total. The van der Waals surface area contributed by atoms with Crippen molar-refractivity contribution in [2.75, 3.05) is 7.11 Å². The van der Waals surface area contributed by atoms with Crippen molar-refractivity contribution < 1.29 is 48.5 Å². The summed E-state index contributed by atoms with van der Waals surface area (Å²) in [5.41, 5.74) is -8.67. The van der Waals surface area contributed by atoms with E-state index in [1.54, 1.807) is 0 Å². The van der Waals surface area contributed by atoms with Crippen LogP contribution in [0.25, 0.3) is 0 Å². The number of alkyl halides is 6. The summed E-state index contributed by atoms with van der Waals surface area (Å²) < 4.78 is 105. The van der Waals surface area contributed by atoms with Crippen molar-refractivity contribution in [1.82, 2.24) is 0 Å². The highest BCUT2D eigenvalue weighted by molar-refractivity contribution is 7.88. The molecule has 0 fully saturated rings. The van der Waals surface area contributed by atoms with Crippen molar-refractivity contribution in [3.8, 4) is 5.75 Å². The minimum Gasteiger partial charge on any atom is -0.465 e. The molecule has 1 aromatic rings. The molecule has 0 radical (unpaired) electrons. The van der Waals surface area contributed by atoms with E-state index in [9.17, 15) is 39.6 Å². The number of rotatable bonds is 3. The Hall–Kier alpha value is -1.69. The summed E-state index contributed by atoms with van der Waals surface area (Å²) in [5.74, 6) is -3.08. The van der Waals surface area contributed by atoms with Crippen LogP contribution in [0.1, 0.15) is 15.9 Å². The number of hydrogen-bond donors (Lipinski definition) is 0. The van der Waals surface area contributed by atoms with Crippen LogP contribution in [0.4, 0.5) is 26.3 Å². The van der Waals surface area contributed by atoms with Gasteiger partial charge in [0, 0.05) is 0 Å². The average molecular weight is 387 g/mol. The molecule has 130 valence electrons. The smallest absolute Gasteiger partial charge is 0.465 e. The van der Waals surface area contributed by atoms with E-state index < -0.39 is 49.7 Å². The standard InChI is InChI=1S/C10H5ClF6O5S/c1-21-8(18)4-2-3-5(9(12,13)14)6(11)7(4)22-23(19,20)10(15,16)17/h2-3H,1H3. The summed E-state index contributed by atoms with van der Waals surface area (Å²) in [6.07, 6.45) is -5.13. The average Bonchev–Trinajstić information content (AvgIpc) is 2.37. The first-order valence-electron chi connectivity index (χ1n) is 5.21. The zero-order valence-corrected chi connectivity index (χ0v) is 12.3. The lowest BCUT2D eigenvalue weighted by Gasteiger charge is -2.16. The largest absolute Gasteiger partial charge is 0.534 e. The van der Waals surface area contributed by atoms with Gasteiger partial charge in [0.2, 0.25) is 0 Å². The Morgan fingerprint density at radius 1 is 1.13 bits per heavy atom. The molecule has 0 saturated heterocycles. The second-order valence-corrected chi connectivity index (χ2v) is 5.69. The van der Waals surface area contributed by atoms with Gasteiger partial charge in [-0.15, -0.1) is 0 Å². The first kappa shape index (κ1) is 19.4. The number of methoxy groups -OCH3 is 1. The third-order valence-corrected chi connectivity index (χ3v) is 3.61. The van der Waals surface area contributed by atoms with Crippen molar-refractivity contribution in [3.05, 3.63) is 28.3 Å². The van der Waals surface area contributed by atoms with Crippen LogP contribution in [0.3, 0.4) is 0 Å². The number of hydrogen-bond acceptors (Lipinski definition) is 5. The second-order valence-electron chi connectivity index (χ2n) is 3.78. The van der Waals surface area contributed by atoms with Gasteiger partial charge in [0.05, 0.1) is 17.7 Å². The van der Waals surface area contributed by atoms with Crippen LogP contribution >= 0.6 is 11.6 Å². The van der Waals surface area contributed by atoms with Gasteiger partial charge in [0.15, 0.2) is 5.75 Å². The van der Waals surface area contributed by atoms with E-state index in [1.807, 2.05) is 0 Å². The fourth-order valence-electron chi connectivity index (χ4n) is 1.28. The first-order valence-corrected chi connectivity index (χ1v) is 6.99. The zero-order valence-electron chi connectivity index (χ0n) is 10.7. The maximum absolute atomic E-state index is 12.7. The lowest BCUT2D eigenvalue weighted by Crippen LogP contribution is -2.29. The molecule has 0 N–H and O–H groups in total. The van der Waals surface area contributed by atoms with Gasteiger partial charge in [0.25, 0.3) is 0 Å². The van der Waals surface area contributed by atoms with Crippen LogP contribution in [0.2, 0.25) is 5.02 Å². The van der Waals surface area contributed by atoms with E-state index in [2.05, 4.69) is 8.92 Å². The molecule has 13 heteroatoms. The molecular weight excluding hydrogens is 382 g/mol. The van der Waals surface area contributed by atoms with Crippen LogP contribution < -0.4 is 4.18 Å². The lowest BCUT2D eigenvalue weighted by atomic mass is 10.1. The molecule has 0 unspecified atom stereocenters. The predicted molar refractivity (Wildman–Crippen MR) is 63.4 cm³/mol. The summed E-state index contributed by atoms with van der Waals surface area (Å²) >= 11 is 5.27. The van der Waals surface area contributed by atoms with E-state index in [0.717, 1.165) is 7.11 Å². The summed E-state index contributed by atoms with van der Waals surface area (Å²) in [5, 5.41) is -1.53. The molecule has 0 atom stereocenters. The molecule has 0 saturated carbocycles. The molecule has 0 aliphatic rings. The lowest BCUT2D eigenvalue weighted by molar-refractivity contribution is -0.137. The Morgan fingerprint density at radius 2 is 1.65 bits per heavy atom. The van der Waals surface area contributed by atoms with Crippen molar-refractivity contribution in [1.29, 1.82) is 0 Å². The van der Waals surface area contributed by atoms with E-state index >= 15 is 0 Å². The molecule has 1 aromatic carbocycles. The number of halogens is 7. The number of ether oxygens (including phenoxy) is 1. The third kappa shape index (κ3) is 3.99. The normalized spacial score (nSPS) is 12.9. The molecular formula is C10H5ClF6O5S. The Labute approximate surface area is 129 Å². The second kappa shape index (κ2) is 6.07. The maximum Gasteiger partial charge on any atom is 0.534 e. The molecule has 0 aliphatic heterocycles. The van der Waals surface area contributed by atoms with Crippen molar-refractivity contribution in [2.24, 2.45) is 0 Å². The van der Waals surface area contributed by atoms with Crippen LogP contribution in [0.15, 0.2) is 12.1 Å². The molecule has 0 amide bonds. The minimum absolute atomic E-state index is 0.266. The highest BCUT2D eigenvalue weighted by atomic mass is 35.5. The minimum atomic E-state index is -6.36. The fourth-order valence-corrected chi connectivity index (χ4v) is 2.13. The highest BCUT2D eigenvalue weighted by Crippen LogP contribution is 2.42. The monoisotopic (exact) mass is 386 g/mol. The highest BCUT2D eigenvalue weighted by Gasteiger charge is 2.50. The third-order valence-electron chi connectivity index (χ3n) is 2.28. The zero-order chi connectivity index (χ0) is 18.2. The summed E-state index contributed by atoms with van der Waals surface area (Å²) in [7, 11) is -5.60. The Bertz CT molecular complexity index is 724. The topological polar surface area (TPSA) is 69.7 Å². The van der Waals surface area contributed by atoms with Gasteiger partial charge in [-0.25, -0.2) is 4.79 Å².